The monoisotopic (exact) mass is 317 g/mol. The number of rotatable bonds is 3. The molecule has 0 radical (unpaired) electrons. The summed E-state index contributed by atoms with van der Waals surface area (Å²) in [5.41, 5.74) is -0.592. The van der Waals surface area contributed by atoms with Crippen molar-refractivity contribution in [2.75, 3.05) is 43.4 Å². The predicted octanol–water partition coefficient (Wildman–Crippen LogP) is 1.65. The van der Waals surface area contributed by atoms with E-state index in [-0.39, 0.29) is 4.75 Å². The Kier molecular flexibility index (Phi) is 5.54. The molecule has 0 bridgehead atoms. The third-order valence-electron chi connectivity index (χ3n) is 3.67. The van der Waals surface area contributed by atoms with Gasteiger partial charge in [0.15, 0.2) is 5.96 Å². The van der Waals surface area contributed by atoms with Crippen LogP contribution in [0, 0.1) is 0 Å². The van der Waals surface area contributed by atoms with E-state index in [0.29, 0.717) is 6.54 Å². The highest BCUT2D eigenvalue weighted by molar-refractivity contribution is 8.00. The fourth-order valence-electron chi connectivity index (χ4n) is 2.57. The van der Waals surface area contributed by atoms with Crippen molar-refractivity contribution < 1.29 is 5.11 Å². The summed E-state index contributed by atoms with van der Waals surface area (Å²) in [5.74, 6) is 3.97. The van der Waals surface area contributed by atoms with Crippen LogP contribution in [0.1, 0.15) is 27.2 Å². The first-order valence-electron chi connectivity index (χ1n) is 7.41. The smallest absolute Gasteiger partial charge is 0.194 e. The molecule has 2 aliphatic heterocycles. The first-order chi connectivity index (χ1) is 9.44. The van der Waals surface area contributed by atoms with Gasteiger partial charge in [0.05, 0.1) is 12.1 Å². The number of hydrogen-bond acceptors (Lipinski definition) is 4. The first kappa shape index (κ1) is 16.3. The largest absolute Gasteiger partial charge is 0.387 e. The molecule has 2 aliphatic rings. The quantitative estimate of drug-likeness (QED) is 0.612. The van der Waals surface area contributed by atoms with Gasteiger partial charge in [-0.2, -0.15) is 23.5 Å². The van der Waals surface area contributed by atoms with E-state index in [1.54, 1.807) is 0 Å². The van der Waals surface area contributed by atoms with Gasteiger partial charge in [0, 0.05) is 35.9 Å². The van der Waals surface area contributed by atoms with Gasteiger partial charge >= 0.3 is 0 Å². The molecule has 20 heavy (non-hydrogen) atoms. The minimum atomic E-state index is -0.592. The van der Waals surface area contributed by atoms with Crippen LogP contribution in [-0.4, -0.2) is 69.8 Å². The van der Waals surface area contributed by atoms with Gasteiger partial charge in [-0.25, -0.2) is 0 Å². The fraction of sp³-hybridized carbons (Fsp3) is 0.929. The minimum absolute atomic E-state index is 0.272. The Bertz CT molecular complexity index is 354. The number of guanidine groups is 1. The topological polar surface area (TPSA) is 47.9 Å². The molecular formula is C14H27N3OS2. The number of thioether (sulfide) groups is 2. The maximum atomic E-state index is 10.4. The van der Waals surface area contributed by atoms with E-state index in [1.807, 2.05) is 23.5 Å². The molecule has 2 saturated heterocycles. The van der Waals surface area contributed by atoms with E-state index in [1.165, 1.54) is 0 Å². The molecule has 116 valence electrons. The van der Waals surface area contributed by atoms with Gasteiger partial charge in [-0.15, -0.1) is 0 Å². The second-order valence-electron chi connectivity index (χ2n) is 6.23. The summed E-state index contributed by atoms with van der Waals surface area (Å²) in [6.45, 7) is 10.1. The Morgan fingerprint density at radius 2 is 2.20 bits per heavy atom. The summed E-state index contributed by atoms with van der Waals surface area (Å²) < 4.78 is 0.272. The van der Waals surface area contributed by atoms with Gasteiger partial charge in [-0.1, -0.05) is 0 Å². The van der Waals surface area contributed by atoms with Gasteiger partial charge in [0.2, 0.25) is 0 Å². The number of nitrogens with one attached hydrogen (secondary N) is 1. The number of aliphatic imine (C=N–C) groups is 1. The van der Waals surface area contributed by atoms with Crippen molar-refractivity contribution in [1.82, 2.24) is 10.2 Å². The molecule has 6 heteroatoms. The molecule has 0 spiro atoms. The Morgan fingerprint density at radius 3 is 2.80 bits per heavy atom. The average Bonchev–Trinajstić information content (AvgIpc) is 2.80. The molecule has 1 atom stereocenters. The Hall–Kier alpha value is -0.0700. The normalized spacial score (nSPS) is 30.6. The van der Waals surface area contributed by atoms with Gasteiger partial charge < -0.3 is 15.3 Å². The van der Waals surface area contributed by atoms with Gasteiger partial charge in [0.25, 0.3) is 0 Å². The van der Waals surface area contributed by atoms with Crippen LogP contribution in [0.5, 0.6) is 0 Å². The lowest BCUT2D eigenvalue weighted by molar-refractivity contribution is 0.0775. The molecule has 2 N–H and O–H groups in total. The summed E-state index contributed by atoms with van der Waals surface area (Å²) >= 11 is 3.85. The highest BCUT2D eigenvalue weighted by atomic mass is 32.2. The van der Waals surface area contributed by atoms with Crippen molar-refractivity contribution in [3.05, 3.63) is 0 Å². The number of nitrogens with zero attached hydrogens (tertiary/aromatic N) is 2. The van der Waals surface area contributed by atoms with E-state index in [4.69, 9.17) is 4.99 Å². The van der Waals surface area contributed by atoms with E-state index in [0.717, 1.165) is 49.3 Å². The van der Waals surface area contributed by atoms with E-state index >= 15 is 0 Å². The summed E-state index contributed by atoms with van der Waals surface area (Å²) in [7, 11) is 0. The predicted molar refractivity (Wildman–Crippen MR) is 91.0 cm³/mol. The van der Waals surface area contributed by atoms with Gasteiger partial charge in [0.1, 0.15) is 0 Å². The fourth-order valence-corrected chi connectivity index (χ4v) is 4.96. The SMILES string of the molecule is CCNC(=NCC1(O)CCSC1)N1CCSC(C)(C)C1. The molecule has 0 aliphatic carbocycles. The molecule has 2 heterocycles. The molecule has 2 rings (SSSR count). The second-order valence-corrected chi connectivity index (χ2v) is 9.13. The van der Waals surface area contributed by atoms with Crippen LogP contribution >= 0.6 is 23.5 Å². The van der Waals surface area contributed by atoms with E-state index < -0.39 is 5.60 Å². The Balaban J connectivity index is 2.01. The lowest BCUT2D eigenvalue weighted by Gasteiger charge is -2.39. The van der Waals surface area contributed by atoms with Crippen LogP contribution in [-0.2, 0) is 0 Å². The van der Waals surface area contributed by atoms with Crippen LogP contribution in [0.2, 0.25) is 0 Å². The highest BCUT2D eigenvalue weighted by Crippen LogP contribution is 2.30. The molecule has 0 aromatic rings. The number of aliphatic hydroxyl groups is 1. The third-order valence-corrected chi connectivity index (χ3v) is 6.20. The molecule has 2 fully saturated rings. The Labute approximate surface area is 131 Å². The summed E-state index contributed by atoms with van der Waals surface area (Å²) in [6.07, 6.45) is 0.863. The number of hydrogen-bond donors (Lipinski definition) is 2. The average molecular weight is 318 g/mol. The molecule has 0 amide bonds. The minimum Gasteiger partial charge on any atom is -0.387 e. The van der Waals surface area contributed by atoms with Crippen LogP contribution in [0.3, 0.4) is 0 Å². The molecule has 0 saturated carbocycles. The van der Waals surface area contributed by atoms with Crippen molar-refractivity contribution in [1.29, 1.82) is 0 Å². The van der Waals surface area contributed by atoms with Crippen LogP contribution in [0.25, 0.3) is 0 Å². The van der Waals surface area contributed by atoms with E-state index in [2.05, 4.69) is 31.0 Å². The van der Waals surface area contributed by atoms with Crippen LogP contribution in [0.15, 0.2) is 4.99 Å². The van der Waals surface area contributed by atoms with Crippen molar-refractivity contribution in [3.63, 3.8) is 0 Å². The van der Waals surface area contributed by atoms with Crippen molar-refractivity contribution >= 4 is 29.5 Å². The molecule has 1 unspecified atom stereocenters. The lowest BCUT2D eigenvalue weighted by atomic mass is 10.0. The zero-order chi connectivity index (χ0) is 14.6. The lowest BCUT2D eigenvalue weighted by Crippen LogP contribution is -2.51. The Morgan fingerprint density at radius 1 is 1.40 bits per heavy atom. The zero-order valence-electron chi connectivity index (χ0n) is 12.8. The van der Waals surface area contributed by atoms with E-state index in [9.17, 15) is 5.11 Å². The summed E-state index contributed by atoms with van der Waals surface area (Å²) in [5, 5.41) is 13.8. The molecule has 0 aromatic carbocycles. The van der Waals surface area contributed by atoms with Crippen molar-refractivity contribution in [3.8, 4) is 0 Å². The third kappa shape index (κ3) is 4.46. The summed E-state index contributed by atoms with van der Waals surface area (Å²) in [6, 6.07) is 0. The van der Waals surface area contributed by atoms with Crippen molar-refractivity contribution in [2.45, 2.75) is 37.5 Å². The van der Waals surface area contributed by atoms with Crippen molar-refractivity contribution in [2.24, 2.45) is 4.99 Å². The maximum Gasteiger partial charge on any atom is 0.194 e. The van der Waals surface area contributed by atoms with Gasteiger partial charge in [-0.05, 0) is 32.9 Å². The maximum absolute atomic E-state index is 10.4. The second kappa shape index (κ2) is 6.79. The molecule has 0 aromatic heterocycles. The van der Waals surface area contributed by atoms with Crippen LogP contribution in [0.4, 0.5) is 0 Å². The highest BCUT2D eigenvalue weighted by Gasteiger charge is 2.33. The molecular weight excluding hydrogens is 290 g/mol. The zero-order valence-corrected chi connectivity index (χ0v) is 14.4. The molecule has 4 nitrogen and oxygen atoms in total. The van der Waals surface area contributed by atoms with Gasteiger partial charge in [-0.3, -0.25) is 4.99 Å². The van der Waals surface area contributed by atoms with Crippen LogP contribution < -0.4 is 5.32 Å². The first-order valence-corrected chi connectivity index (χ1v) is 9.55. The standard InChI is InChI=1S/C14H27N3OS2/c1-4-15-12(16-9-14(18)5-7-19-11-14)17-6-8-20-13(2,3)10-17/h18H,4-11H2,1-3H3,(H,15,16). The summed E-state index contributed by atoms with van der Waals surface area (Å²) in [4.78, 5) is 7.05.